The van der Waals surface area contributed by atoms with Gasteiger partial charge >= 0.3 is 5.97 Å². The van der Waals surface area contributed by atoms with E-state index in [9.17, 15) is 9.90 Å². The van der Waals surface area contributed by atoms with Gasteiger partial charge in [0, 0.05) is 12.0 Å². The van der Waals surface area contributed by atoms with Crippen LogP contribution in [0.4, 0.5) is 0 Å². The lowest BCUT2D eigenvalue weighted by Gasteiger charge is -2.10. The molecule has 2 N–H and O–H groups in total. The highest BCUT2D eigenvalue weighted by Gasteiger charge is 2.09. The van der Waals surface area contributed by atoms with Gasteiger partial charge in [0.1, 0.15) is 0 Å². The molecular formula is C13H16O3. The van der Waals surface area contributed by atoms with Gasteiger partial charge in [-0.15, -0.1) is 0 Å². The van der Waals surface area contributed by atoms with Crippen LogP contribution >= 0.6 is 0 Å². The van der Waals surface area contributed by atoms with Crippen LogP contribution in [0, 0.1) is 0 Å². The molecule has 0 aliphatic rings. The second kappa shape index (κ2) is 5.47. The van der Waals surface area contributed by atoms with Gasteiger partial charge in [0.05, 0.1) is 6.10 Å². The van der Waals surface area contributed by atoms with Gasteiger partial charge in [-0.05, 0) is 24.5 Å². The van der Waals surface area contributed by atoms with Crippen LogP contribution in [0.25, 0.3) is 0 Å². The highest BCUT2D eigenvalue weighted by molar-refractivity contribution is 5.86. The van der Waals surface area contributed by atoms with E-state index in [0.29, 0.717) is 12.8 Å². The molecule has 1 rings (SSSR count). The molecule has 0 aliphatic carbocycles. The Labute approximate surface area is 95.0 Å². The molecule has 0 aromatic heterocycles. The normalized spacial score (nSPS) is 12.1. The van der Waals surface area contributed by atoms with E-state index in [0.717, 1.165) is 11.1 Å². The molecule has 0 radical (unpaired) electrons. The quantitative estimate of drug-likeness (QED) is 0.744. The zero-order valence-electron chi connectivity index (χ0n) is 9.31. The summed E-state index contributed by atoms with van der Waals surface area (Å²) in [6.07, 6.45) is 0.417. The summed E-state index contributed by atoms with van der Waals surface area (Å²) in [6.45, 7) is 5.22. The number of aliphatic hydroxyl groups is 1. The van der Waals surface area contributed by atoms with Crippen molar-refractivity contribution in [2.45, 2.75) is 25.9 Å². The first kappa shape index (κ1) is 12.5. The lowest BCUT2D eigenvalue weighted by Crippen LogP contribution is -2.09. The molecular weight excluding hydrogens is 204 g/mol. The van der Waals surface area contributed by atoms with Crippen molar-refractivity contribution in [1.82, 2.24) is 0 Å². The fourth-order valence-electron chi connectivity index (χ4n) is 1.55. The van der Waals surface area contributed by atoms with Crippen molar-refractivity contribution in [3.05, 3.63) is 47.5 Å². The standard InChI is InChI=1S/C13H16O3/c1-9(13(15)16)7-11-5-3-4-6-12(11)8-10(2)14/h3-6,10,14H,1,7-8H2,2H3,(H,15,16). The Balaban J connectivity index is 2.86. The molecule has 1 unspecified atom stereocenters. The van der Waals surface area contributed by atoms with Crippen LogP contribution in [-0.2, 0) is 17.6 Å². The fraction of sp³-hybridized carbons (Fsp3) is 0.308. The molecule has 16 heavy (non-hydrogen) atoms. The number of hydrogen-bond acceptors (Lipinski definition) is 2. The summed E-state index contributed by atoms with van der Waals surface area (Å²) in [5.74, 6) is -0.980. The zero-order chi connectivity index (χ0) is 12.1. The van der Waals surface area contributed by atoms with Crippen LogP contribution < -0.4 is 0 Å². The number of carbonyl (C=O) groups is 1. The maximum Gasteiger partial charge on any atom is 0.331 e. The maximum atomic E-state index is 10.7. The number of carboxylic acids is 1. The first-order valence-electron chi connectivity index (χ1n) is 5.16. The molecule has 0 amide bonds. The number of benzene rings is 1. The van der Waals surface area contributed by atoms with Crippen molar-refractivity contribution in [2.75, 3.05) is 0 Å². The third-order valence-corrected chi connectivity index (χ3v) is 2.34. The predicted molar refractivity (Wildman–Crippen MR) is 62.3 cm³/mol. The van der Waals surface area contributed by atoms with Crippen LogP contribution in [-0.4, -0.2) is 22.3 Å². The fourth-order valence-corrected chi connectivity index (χ4v) is 1.55. The first-order chi connectivity index (χ1) is 7.50. The van der Waals surface area contributed by atoms with Gasteiger partial charge in [-0.25, -0.2) is 4.79 Å². The highest BCUT2D eigenvalue weighted by Crippen LogP contribution is 2.15. The minimum Gasteiger partial charge on any atom is -0.478 e. The third kappa shape index (κ3) is 3.51. The number of carboxylic acid groups (broad SMARTS) is 1. The average molecular weight is 220 g/mol. The molecule has 0 saturated carbocycles. The molecule has 1 aromatic carbocycles. The third-order valence-electron chi connectivity index (χ3n) is 2.34. The van der Waals surface area contributed by atoms with Gasteiger partial charge in [-0.3, -0.25) is 0 Å². The van der Waals surface area contributed by atoms with Gasteiger partial charge in [0.25, 0.3) is 0 Å². The summed E-state index contributed by atoms with van der Waals surface area (Å²) in [4.78, 5) is 10.7. The van der Waals surface area contributed by atoms with E-state index in [2.05, 4.69) is 6.58 Å². The van der Waals surface area contributed by atoms with E-state index in [1.165, 1.54) is 0 Å². The number of rotatable bonds is 5. The van der Waals surface area contributed by atoms with E-state index < -0.39 is 12.1 Å². The Morgan fingerprint density at radius 3 is 2.44 bits per heavy atom. The molecule has 0 spiro atoms. The van der Waals surface area contributed by atoms with Gasteiger partial charge in [0.15, 0.2) is 0 Å². The van der Waals surface area contributed by atoms with Gasteiger partial charge in [0.2, 0.25) is 0 Å². The molecule has 0 saturated heterocycles. The Hall–Kier alpha value is -1.61. The van der Waals surface area contributed by atoms with Crippen molar-refractivity contribution in [3.8, 4) is 0 Å². The lowest BCUT2D eigenvalue weighted by molar-refractivity contribution is -0.132. The summed E-state index contributed by atoms with van der Waals surface area (Å²) >= 11 is 0. The van der Waals surface area contributed by atoms with Crippen LogP contribution in [0.1, 0.15) is 18.1 Å². The van der Waals surface area contributed by atoms with Gasteiger partial charge in [-0.1, -0.05) is 30.8 Å². The summed E-state index contributed by atoms with van der Waals surface area (Å²) in [6, 6.07) is 7.50. The molecule has 0 fully saturated rings. The largest absolute Gasteiger partial charge is 0.478 e. The zero-order valence-corrected chi connectivity index (χ0v) is 9.31. The Morgan fingerprint density at radius 2 is 1.94 bits per heavy atom. The van der Waals surface area contributed by atoms with E-state index in [4.69, 9.17) is 5.11 Å². The Kier molecular flexibility index (Phi) is 4.26. The monoisotopic (exact) mass is 220 g/mol. The second-order valence-corrected chi connectivity index (χ2v) is 3.91. The molecule has 3 nitrogen and oxygen atoms in total. The van der Waals surface area contributed by atoms with Crippen molar-refractivity contribution in [1.29, 1.82) is 0 Å². The highest BCUT2D eigenvalue weighted by atomic mass is 16.4. The molecule has 3 heteroatoms. The van der Waals surface area contributed by atoms with Crippen molar-refractivity contribution >= 4 is 5.97 Å². The van der Waals surface area contributed by atoms with Crippen molar-refractivity contribution in [3.63, 3.8) is 0 Å². The smallest absolute Gasteiger partial charge is 0.331 e. The predicted octanol–water partition coefficient (Wildman–Crippen LogP) is 1.79. The molecule has 0 bridgehead atoms. The molecule has 0 heterocycles. The number of hydrogen-bond donors (Lipinski definition) is 2. The number of aliphatic hydroxyl groups excluding tert-OH is 1. The van der Waals surface area contributed by atoms with Gasteiger partial charge in [-0.2, -0.15) is 0 Å². The average Bonchev–Trinajstić information content (AvgIpc) is 2.20. The van der Waals surface area contributed by atoms with E-state index in [1.54, 1.807) is 6.92 Å². The second-order valence-electron chi connectivity index (χ2n) is 3.91. The van der Waals surface area contributed by atoms with Crippen molar-refractivity contribution < 1.29 is 15.0 Å². The van der Waals surface area contributed by atoms with Gasteiger partial charge < -0.3 is 10.2 Å². The van der Waals surface area contributed by atoms with Crippen LogP contribution in [0.5, 0.6) is 0 Å². The SMILES string of the molecule is C=C(Cc1ccccc1CC(C)O)C(=O)O. The summed E-state index contributed by atoms with van der Waals surface area (Å²) in [5, 5.41) is 18.1. The van der Waals surface area contributed by atoms with Crippen molar-refractivity contribution in [2.24, 2.45) is 0 Å². The van der Waals surface area contributed by atoms with Crippen LogP contribution in [0.2, 0.25) is 0 Å². The van der Waals surface area contributed by atoms with E-state index >= 15 is 0 Å². The number of aliphatic carboxylic acids is 1. The van der Waals surface area contributed by atoms with Crippen LogP contribution in [0.3, 0.4) is 0 Å². The minimum atomic E-state index is -0.980. The van der Waals surface area contributed by atoms with Crippen LogP contribution in [0.15, 0.2) is 36.4 Å². The minimum absolute atomic E-state index is 0.165. The lowest BCUT2D eigenvalue weighted by atomic mass is 9.97. The first-order valence-corrected chi connectivity index (χ1v) is 5.16. The maximum absolute atomic E-state index is 10.7. The molecule has 1 atom stereocenters. The Morgan fingerprint density at radius 1 is 1.38 bits per heavy atom. The Bertz CT molecular complexity index is 394. The van der Waals surface area contributed by atoms with E-state index in [-0.39, 0.29) is 5.57 Å². The molecule has 0 aliphatic heterocycles. The molecule has 86 valence electrons. The van der Waals surface area contributed by atoms with E-state index in [1.807, 2.05) is 24.3 Å². The molecule has 1 aromatic rings. The summed E-state index contributed by atoms with van der Waals surface area (Å²) < 4.78 is 0. The summed E-state index contributed by atoms with van der Waals surface area (Å²) in [7, 11) is 0. The topological polar surface area (TPSA) is 57.5 Å². The summed E-state index contributed by atoms with van der Waals surface area (Å²) in [5.41, 5.74) is 2.05.